The van der Waals surface area contributed by atoms with E-state index in [-0.39, 0.29) is 5.97 Å². The van der Waals surface area contributed by atoms with Gasteiger partial charge < -0.3 is 16.2 Å². The Morgan fingerprint density at radius 2 is 1.78 bits per heavy atom. The molecule has 0 aliphatic heterocycles. The first kappa shape index (κ1) is 16.9. The van der Waals surface area contributed by atoms with Crippen molar-refractivity contribution >= 4 is 17.3 Å². The number of rotatable bonds is 4. The number of benzene rings is 2. The van der Waals surface area contributed by atoms with Crippen molar-refractivity contribution in [3.63, 3.8) is 0 Å². The molecule has 0 aliphatic carbocycles. The maximum atomic E-state index is 11.8. The number of para-hydroxylation sites is 1. The Balaban J connectivity index is 2.12. The summed E-state index contributed by atoms with van der Waals surface area (Å²) < 4.78 is 5.33. The number of ether oxygens (including phenoxy) is 1. The van der Waals surface area contributed by atoms with Crippen molar-refractivity contribution < 1.29 is 9.53 Å². The highest BCUT2D eigenvalue weighted by atomic mass is 16.6. The standard InChI is InChI=1S/C19H24N2O2/c1-19(2,3)23-17(22)11-10-13-6-4-7-14(12-13)15-8-5-9-16(20)18(15)21/h4-9,12H,10-11,20-21H2,1-3H3. The number of nitrogen functional groups attached to an aromatic ring is 2. The van der Waals surface area contributed by atoms with Crippen LogP contribution in [-0.2, 0) is 16.0 Å². The van der Waals surface area contributed by atoms with Gasteiger partial charge in [-0.05, 0) is 44.4 Å². The van der Waals surface area contributed by atoms with E-state index >= 15 is 0 Å². The highest BCUT2D eigenvalue weighted by Gasteiger charge is 2.16. The molecule has 0 atom stereocenters. The van der Waals surface area contributed by atoms with Crippen molar-refractivity contribution in [1.29, 1.82) is 0 Å². The van der Waals surface area contributed by atoms with E-state index in [4.69, 9.17) is 16.2 Å². The number of aryl methyl sites for hydroxylation is 1. The number of nitrogens with two attached hydrogens (primary N) is 2. The molecule has 0 fully saturated rings. The average Bonchev–Trinajstić information content (AvgIpc) is 2.46. The van der Waals surface area contributed by atoms with Crippen LogP contribution in [0.2, 0.25) is 0 Å². The Morgan fingerprint density at radius 1 is 1.09 bits per heavy atom. The lowest BCUT2D eigenvalue weighted by molar-refractivity contribution is -0.154. The first-order valence-corrected chi connectivity index (χ1v) is 7.71. The van der Waals surface area contributed by atoms with Crippen LogP contribution in [0, 0.1) is 0 Å². The fourth-order valence-electron chi connectivity index (χ4n) is 2.37. The van der Waals surface area contributed by atoms with E-state index in [1.807, 2.05) is 57.2 Å². The molecule has 2 rings (SSSR count). The molecule has 0 radical (unpaired) electrons. The molecule has 4 heteroatoms. The minimum Gasteiger partial charge on any atom is -0.460 e. The maximum Gasteiger partial charge on any atom is 0.306 e. The van der Waals surface area contributed by atoms with E-state index < -0.39 is 5.60 Å². The molecule has 0 amide bonds. The quantitative estimate of drug-likeness (QED) is 0.665. The number of carbonyl (C=O) groups is 1. The van der Waals surface area contributed by atoms with E-state index in [0.717, 1.165) is 16.7 Å². The summed E-state index contributed by atoms with van der Waals surface area (Å²) in [5, 5.41) is 0. The molecule has 0 saturated heterocycles. The Morgan fingerprint density at radius 3 is 2.48 bits per heavy atom. The van der Waals surface area contributed by atoms with Crippen LogP contribution in [0.3, 0.4) is 0 Å². The van der Waals surface area contributed by atoms with Crippen LogP contribution in [-0.4, -0.2) is 11.6 Å². The predicted molar refractivity (Wildman–Crippen MR) is 94.9 cm³/mol. The average molecular weight is 312 g/mol. The normalized spacial score (nSPS) is 11.3. The Bertz CT molecular complexity index is 703. The lowest BCUT2D eigenvalue weighted by Crippen LogP contribution is -2.24. The predicted octanol–water partition coefficient (Wildman–Crippen LogP) is 3.79. The van der Waals surface area contributed by atoms with Crippen molar-refractivity contribution in [2.75, 3.05) is 11.5 Å². The van der Waals surface area contributed by atoms with Crippen molar-refractivity contribution in [3.8, 4) is 11.1 Å². The summed E-state index contributed by atoms with van der Waals surface area (Å²) in [6, 6.07) is 13.6. The van der Waals surface area contributed by atoms with Gasteiger partial charge in [0.1, 0.15) is 5.60 Å². The van der Waals surface area contributed by atoms with Crippen LogP contribution in [0.5, 0.6) is 0 Å². The number of esters is 1. The molecule has 0 heterocycles. The zero-order valence-corrected chi connectivity index (χ0v) is 13.9. The Hall–Kier alpha value is -2.49. The minimum atomic E-state index is -0.449. The van der Waals surface area contributed by atoms with Gasteiger partial charge in [0, 0.05) is 12.0 Å². The molecule has 0 unspecified atom stereocenters. The molecule has 2 aromatic rings. The molecular weight excluding hydrogens is 288 g/mol. The lowest BCUT2D eigenvalue weighted by Gasteiger charge is -2.19. The van der Waals surface area contributed by atoms with Crippen molar-refractivity contribution in [3.05, 3.63) is 48.0 Å². The second-order valence-electron chi connectivity index (χ2n) is 6.60. The van der Waals surface area contributed by atoms with Gasteiger partial charge in [-0.25, -0.2) is 0 Å². The van der Waals surface area contributed by atoms with Gasteiger partial charge in [-0.1, -0.05) is 36.4 Å². The second kappa shape index (κ2) is 6.73. The molecular formula is C19H24N2O2. The van der Waals surface area contributed by atoms with Crippen LogP contribution in [0.25, 0.3) is 11.1 Å². The van der Waals surface area contributed by atoms with Crippen molar-refractivity contribution in [2.24, 2.45) is 0 Å². The molecule has 122 valence electrons. The smallest absolute Gasteiger partial charge is 0.306 e. The zero-order valence-electron chi connectivity index (χ0n) is 13.9. The summed E-state index contributed by atoms with van der Waals surface area (Å²) >= 11 is 0. The summed E-state index contributed by atoms with van der Waals surface area (Å²) in [4.78, 5) is 11.8. The lowest BCUT2D eigenvalue weighted by atomic mass is 9.99. The summed E-state index contributed by atoms with van der Waals surface area (Å²) in [5.74, 6) is -0.189. The third-order valence-electron chi connectivity index (χ3n) is 3.42. The first-order chi connectivity index (χ1) is 10.8. The van der Waals surface area contributed by atoms with E-state index in [2.05, 4.69) is 0 Å². The van der Waals surface area contributed by atoms with Crippen LogP contribution >= 0.6 is 0 Å². The molecule has 4 N–H and O–H groups in total. The SMILES string of the molecule is CC(C)(C)OC(=O)CCc1cccc(-c2cccc(N)c2N)c1. The molecule has 23 heavy (non-hydrogen) atoms. The summed E-state index contributed by atoms with van der Waals surface area (Å²) in [6.45, 7) is 5.61. The summed E-state index contributed by atoms with van der Waals surface area (Å²) in [7, 11) is 0. The van der Waals surface area contributed by atoms with Gasteiger partial charge >= 0.3 is 5.97 Å². The summed E-state index contributed by atoms with van der Waals surface area (Å²) in [6.07, 6.45) is 0.984. The van der Waals surface area contributed by atoms with Crippen molar-refractivity contribution in [1.82, 2.24) is 0 Å². The topological polar surface area (TPSA) is 78.3 Å². The van der Waals surface area contributed by atoms with E-state index in [1.165, 1.54) is 0 Å². The fraction of sp³-hybridized carbons (Fsp3) is 0.316. The second-order valence-corrected chi connectivity index (χ2v) is 6.60. The minimum absolute atomic E-state index is 0.189. The van der Waals surface area contributed by atoms with Gasteiger partial charge in [-0.15, -0.1) is 0 Å². The molecule has 4 nitrogen and oxygen atoms in total. The Labute approximate surface area is 137 Å². The number of hydrogen-bond acceptors (Lipinski definition) is 4. The van der Waals surface area contributed by atoms with Gasteiger partial charge in [0.15, 0.2) is 0 Å². The van der Waals surface area contributed by atoms with Crippen LogP contribution in [0.4, 0.5) is 11.4 Å². The van der Waals surface area contributed by atoms with Crippen LogP contribution in [0.1, 0.15) is 32.8 Å². The highest BCUT2D eigenvalue weighted by molar-refractivity contribution is 5.84. The third kappa shape index (κ3) is 4.74. The summed E-state index contributed by atoms with van der Waals surface area (Å²) in [5.41, 5.74) is 15.6. The monoisotopic (exact) mass is 312 g/mol. The van der Waals surface area contributed by atoms with Crippen LogP contribution < -0.4 is 11.5 Å². The van der Waals surface area contributed by atoms with E-state index in [9.17, 15) is 4.79 Å². The van der Waals surface area contributed by atoms with Gasteiger partial charge in [0.25, 0.3) is 0 Å². The first-order valence-electron chi connectivity index (χ1n) is 7.71. The fourth-order valence-corrected chi connectivity index (χ4v) is 2.37. The van der Waals surface area contributed by atoms with E-state index in [0.29, 0.717) is 24.2 Å². The molecule has 0 saturated carbocycles. The highest BCUT2D eigenvalue weighted by Crippen LogP contribution is 2.30. The molecule has 0 aromatic heterocycles. The zero-order chi connectivity index (χ0) is 17.0. The number of anilines is 2. The molecule has 2 aromatic carbocycles. The largest absolute Gasteiger partial charge is 0.460 e. The Kier molecular flexibility index (Phi) is 4.94. The van der Waals surface area contributed by atoms with Crippen molar-refractivity contribution in [2.45, 2.75) is 39.2 Å². The van der Waals surface area contributed by atoms with Gasteiger partial charge in [-0.2, -0.15) is 0 Å². The number of hydrogen-bond donors (Lipinski definition) is 2. The maximum absolute atomic E-state index is 11.8. The van der Waals surface area contributed by atoms with Crippen LogP contribution in [0.15, 0.2) is 42.5 Å². The van der Waals surface area contributed by atoms with Gasteiger partial charge in [0.05, 0.1) is 11.4 Å². The molecule has 0 spiro atoms. The third-order valence-corrected chi connectivity index (χ3v) is 3.42. The van der Waals surface area contributed by atoms with E-state index in [1.54, 1.807) is 6.07 Å². The molecule has 0 aliphatic rings. The van der Waals surface area contributed by atoms with Gasteiger partial charge in [-0.3, -0.25) is 4.79 Å². The number of carbonyl (C=O) groups excluding carboxylic acids is 1. The molecule has 0 bridgehead atoms. The van der Waals surface area contributed by atoms with Gasteiger partial charge in [0.2, 0.25) is 0 Å².